The van der Waals surface area contributed by atoms with Gasteiger partial charge in [0.15, 0.2) is 11.5 Å². The molecule has 0 spiro atoms. The van der Waals surface area contributed by atoms with Gasteiger partial charge in [-0.25, -0.2) is 0 Å². The Bertz CT molecular complexity index is 520. The third-order valence-electron chi connectivity index (χ3n) is 2.03. The summed E-state index contributed by atoms with van der Waals surface area (Å²) in [6.45, 7) is 0. The van der Waals surface area contributed by atoms with E-state index in [-0.39, 0.29) is 17.1 Å². The van der Waals surface area contributed by atoms with Crippen molar-refractivity contribution in [2.24, 2.45) is 0 Å². The van der Waals surface area contributed by atoms with E-state index in [1.54, 1.807) is 18.2 Å². The highest BCUT2D eigenvalue weighted by Crippen LogP contribution is 2.37. The summed E-state index contributed by atoms with van der Waals surface area (Å²) in [5.74, 6) is 0.419. The standard InChI is InChI=1S/C12H10N2O3/c1-16-11-5-8(3-9(6-13)7-14)4-10(15)12(11)17-2/h3-5,15H,1-2H3. The van der Waals surface area contributed by atoms with Crippen molar-refractivity contribution in [1.29, 1.82) is 10.5 Å². The van der Waals surface area contributed by atoms with Crippen molar-refractivity contribution < 1.29 is 14.6 Å². The van der Waals surface area contributed by atoms with E-state index in [9.17, 15) is 5.11 Å². The third kappa shape index (κ3) is 2.67. The van der Waals surface area contributed by atoms with Crippen molar-refractivity contribution in [1.82, 2.24) is 0 Å². The van der Waals surface area contributed by atoms with Crippen LogP contribution in [0.25, 0.3) is 6.08 Å². The molecule has 1 N–H and O–H groups in total. The summed E-state index contributed by atoms with van der Waals surface area (Å²) in [6, 6.07) is 6.41. The Kier molecular flexibility index (Phi) is 3.96. The predicted molar refractivity (Wildman–Crippen MR) is 60.4 cm³/mol. The van der Waals surface area contributed by atoms with Gasteiger partial charge >= 0.3 is 0 Å². The highest BCUT2D eigenvalue weighted by Gasteiger charge is 2.10. The molecule has 0 aliphatic rings. The van der Waals surface area contributed by atoms with Gasteiger partial charge in [-0.3, -0.25) is 0 Å². The number of ether oxygens (including phenoxy) is 2. The lowest BCUT2D eigenvalue weighted by atomic mass is 10.1. The van der Waals surface area contributed by atoms with Gasteiger partial charge < -0.3 is 14.6 Å². The Hall–Kier alpha value is -2.66. The lowest BCUT2D eigenvalue weighted by Crippen LogP contribution is -1.91. The van der Waals surface area contributed by atoms with E-state index in [0.29, 0.717) is 11.3 Å². The topological polar surface area (TPSA) is 86.3 Å². The quantitative estimate of drug-likeness (QED) is 0.800. The second-order valence-corrected chi connectivity index (χ2v) is 3.06. The number of hydrogen-bond acceptors (Lipinski definition) is 5. The van der Waals surface area contributed by atoms with E-state index >= 15 is 0 Å². The molecule has 1 aromatic carbocycles. The lowest BCUT2D eigenvalue weighted by Gasteiger charge is -2.10. The summed E-state index contributed by atoms with van der Waals surface area (Å²) in [4.78, 5) is 0. The molecule has 86 valence electrons. The molecule has 1 rings (SSSR count). The maximum absolute atomic E-state index is 9.66. The Morgan fingerprint density at radius 2 is 1.88 bits per heavy atom. The van der Waals surface area contributed by atoms with Crippen LogP contribution in [0.4, 0.5) is 0 Å². The number of allylic oxidation sites excluding steroid dienone is 1. The van der Waals surface area contributed by atoms with Gasteiger partial charge in [0.2, 0.25) is 5.75 Å². The highest BCUT2D eigenvalue weighted by molar-refractivity contribution is 5.67. The molecule has 0 heterocycles. The summed E-state index contributed by atoms with van der Waals surface area (Å²) >= 11 is 0. The van der Waals surface area contributed by atoms with Crippen molar-refractivity contribution in [3.8, 4) is 29.4 Å². The molecule has 0 bridgehead atoms. The van der Waals surface area contributed by atoms with Gasteiger partial charge in [-0.2, -0.15) is 10.5 Å². The minimum Gasteiger partial charge on any atom is -0.504 e. The number of phenols is 1. The highest BCUT2D eigenvalue weighted by atomic mass is 16.5. The molecule has 0 aliphatic heterocycles. The molecule has 0 fully saturated rings. The van der Waals surface area contributed by atoms with Gasteiger partial charge in [-0.1, -0.05) is 0 Å². The van der Waals surface area contributed by atoms with Crippen LogP contribution < -0.4 is 9.47 Å². The maximum atomic E-state index is 9.66. The second-order valence-electron chi connectivity index (χ2n) is 3.06. The summed E-state index contributed by atoms with van der Waals surface area (Å²) in [6.07, 6.45) is 1.35. The van der Waals surface area contributed by atoms with Crippen molar-refractivity contribution in [2.75, 3.05) is 14.2 Å². The number of methoxy groups -OCH3 is 2. The summed E-state index contributed by atoms with van der Waals surface area (Å²) < 4.78 is 9.98. The number of rotatable bonds is 3. The lowest BCUT2D eigenvalue weighted by molar-refractivity contribution is 0.333. The zero-order valence-corrected chi connectivity index (χ0v) is 9.39. The molecule has 0 amide bonds. The maximum Gasteiger partial charge on any atom is 0.203 e. The Morgan fingerprint density at radius 3 is 2.35 bits per heavy atom. The van der Waals surface area contributed by atoms with E-state index in [4.69, 9.17) is 20.0 Å². The molecule has 0 aliphatic carbocycles. The minimum absolute atomic E-state index is 0.0587. The first-order chi connectivity index (χ1) is 8.15. The van der Waals surface area contributed by atoms with Crippen LogP contribution in [0.2, 0.25) is 0 Å². The van der Waals surface area contributed by atoms with Crippen LogP contribution in [-0.2, 0) is 0 Å². The number of nitriles is 2. The number of phenolic OH excluding ortho intramolecular Hbond substituents is 1. The number of benzene rings is 1. The number of nitrogens with zero attached hydrogens (tertiary/aromatic N) is 2. The van der Waals surface area contributed by atoms with Crippen LogP contribution in [0.5, 0.6) is 17.2 Å². The first-order valence-electron chi connectivity index (χ1n) is 4.63. The zero-order chi connectivity index (χ0) is 12.8. The van der Waals surface area contributed by atoms with Crippen LogP contribution in [0.1, 0.15) is 5.56 Å². The van der Waals surface area contributed by atoms with Crippen molar-refractivity contribution in [3.63, 3.8) is 0 Å². The van der Waals surface area contributed by atoms with Gasteiger partial charge in [0.25, 0.3) is 0 Å². The average molecular weight is 230 g/mol. The van der Waals surface area contributed by atoms with Crippen LogP contribution >= 0.6 is 0 Å². The number of aromatic hydroxyl groups is 1. The van der Waals surface area contributed by atoms with Gasteiger partial charge in [-0.15, -0.1) is 0 Å². The van der Waals surface area contributed by atoms with Crippen LogP contribution in [-0.4, -0.2) is 19.3 Å². The Morgan fingerprint density at radius 1 is 1.24 bits per heavy atom. The SMILES string of the molecule is COc1cc(C=C(C#N)C#N)cc(O)c1OC. The molecular weight excluding hydrogens is 220 g/mol. The van der Waals surface area contributed by atoms with E-state index in [1.807, 2.05) is 0 Å². The monoisotopic (exact) mass is 230 g/mol. The molecule has 17 heavy (non-hydrogen) atoms. The summed E-state index contributed by atoms with van der Waals surface area (Å²) in [5.41, 5.74) is 0.426. The van der Waals surface area contributed by atoms with E-state index < -0.39 is 0 Å². The third-order valence-corrected chi connectivity index (χ3v) is 2.03. The first kappa shape index (κ1) is 12.4. The Labute approximate surface area is 98.7 Å². The fourth-order valence-electron chi connectivity index (χ4n) is 1.30. The van der Waals surface area contributed by atoms with Gasteiger partial charge in [0.05, 0.1) is 14.2 Å². The molecule has 5 nitrogen and oxygen atoms in total. The van der Waals surface area contributed by atoms with Gasteiger partial charge in [0, 0.05) is 0 Å². The van der Waals surface area contributed by atoms with Crippen molar-refractivity contribution in [2.45, 2.75) is 0 Å². The first-order valence-corrected chi connectivity index (χ1v) is 4.63. The molecule has 0 atom stereocenters. The molecule has 0 saturated carbocycles. The van der Waals surface area contributed by atoms with E-state index in [2.05, 4.69) is 0 Å². The average Bonchev–Trinajstić information content (AvgIpc) is 2.35. The molecule has 1 aromatic rings. The largest absolute Gasteiger partial charge is 0.504 e. The van der Waals surface area contributed by atoms with Crippen molar-refractivity contribution >= 4 is 6.08 Å². The minimum atomic E-state index is -0.117. The normalized spacial score (nSPS) is 8.71. The smallest absolute Gasteiger partial charge is 0.203 e. The molecule has 0 aromatic heterocycles. The van der Waals surface area contributed by atoms with E-state index in [0.717, 1.165) is 0 Å². The van der Waals surface area contributed by atoms with Crippen molar-refractivity contribution in [3.05, 3.63) is 23.3 Å². The zero-order valence-electron chi connectivity index (χ0n) is 9.39. The summed E-state index contributed by atoms with van der Waals surface area (Å²) in [7, 11) is 2.84. The van der Waals surface area contributed by atoms with E-state index in [1.165, 1.54) is 26.4 Å². The van der Waals surface area contributed by atoms with Crippen LogP contribution in [0.3, 0.4) is 0 Å². The number of hydrogen-bond donors (Lipinski definition) is 1. The molecule has 5 heteroatoms. The molecule has 0 saturated heterocycles. The fourth-order valence-corrected chi connectivity index (χ4v) is 1.30. The summed E-state index contributed by atoms with van der Waals surface area (Å²) in [5, 5.41) is 26.9. The molecule has 0 unspecified atom stereocenters. The van der Waals surface area contributed by atoms with Crippen LogP contribution in [0, 0.1) is 22.7 Å². The predicted octanol–water partition coefficient (Wildman–Crippen LogP) is 1.84. The van der Waals surface area contributed by atoms with Crippen LogP contribution in [0.15, 0.2) is 17.7 Å². The van der Waals surface area contributed by atoms with Gasteiger partial charge in [-0.05, 0) is 23.8 Å². The fraction of sp³-hybridized carbons (Fsp3) is 0.167. The molecular formula is C12H10N2O3. The Balaban J connectivity index is 3.32. The van der Waals surface area contributed by atoms with Gasteiger partial charge in [0.1, 0.15) is 17.7 Å². The molecule has 0 radical (unpaired) electrons. The second kappa shape index (κ2) is 5.43.